The van der Waals surface area contributed by atoms with E-state index in [-0.39, 0.29) is 23.4 Å². The van der Waals surface area contributed by atoms with Crippen LogP contribution in [0.1, 0.15) is 38.7 Å². The predicted octanol–water partition coefficient (Wildman–Crippen LogP) is 3.78. The van der Waals surface area contributed by atoms with Gasteiger partial charge in [0.2, 0.25) is 5.91 Å². The molecule has 1 aliphatic carbocycles. The summed E-state index contributed by atoms with van der Waals surface area (Å²) < 4.78 is 4.99. The molecular formula is C18H26N2O4S. The minimum atomic E-state index is -0.453. The number of nitrogens with one attached hydrogen (secondary N) is 1. The highest BCUT2D eigenvalue weighted by Crippen LogP contribution is 2.30. The molecule has 0 aromatic heterocycles. The number of nitrogens with zero attached hydrogens (tertiary/aromatic N) is 1. The Balaban J connectivity index is 1.83. The highest BCUT2D eigenvalue weighted by molar-refractivity contribution is 7.99. The zero-order chi connectivity index (χ0) is 18.4. The van der Waals surface area contributed by atoms with Crippen LogP contribution in [0.3, 0.4) is 0 Å². The van der Waals surface area contributed by atoms with E-state index in [1.165, 1.54) is 37.8 Å². The number of amides is 1. The van der Waals surface area contributed by atoms with E-state index in [0.717, 1.165) is 12.0 Å². The van der Waals surface area contributed by atoms with Gasteiger partial charge in [-0.15, -0.1) is 11.8 Å². The first-order valence-electron chi connectivity index (χ1n) is 8.60. The van der Waals surface area contributed by atoms with Crippen LogP contribution in [-0.4, -0.2) is 29.7 Å². The molecule has 7 heteroatoms. The van der Waals surface area contributed by atoms with Crippen LogP contribution < -0.4 is 10.1 Å². The average Bonchev–Trinajstić information content (AvgIpc) is 2.58. The van der Waals surface area contributed by atoms with Gasteiger partial charge in [0.05, 0.1) is 17.8 Å². The number of ether oxygens (including phenoxy) is 1. The Labute approximate surface area is 152 Å². The molecule has 138 valence electrons. The van der Waals surface area contributed by atoms with Crippen molar-refractivity contribution in [2.24, 2.45) is 11.8 Å². The smallest absolute Gasteiger partial charge is 0.311 e. The fourth-order valence-corrected chi connectivity index (χ4v) is 4.05. The van der Waals surface area contributed by atoms with E-state index in [0.29, 0.717) is 23.3 Å². The number of methoxy groups -OCH3 is 1. The zero-order valence-electron chi connectivity index (χ0n) is 15.0. The van der Waals surface area contributed by atoms with Crippen LogP contribution in [0.5, 0.6) is 5.75 Å². The maximum Gasteiger partial charge on any atom is 0.311 e. The van der Waals surface area contributed by atoms with Gasteiger partial charge in [0, 0.05) is 17.9 Å². The van der Waals surface area contributed by atoms with Gasteiger partial charge in [0.25, 0.3) is 0 Å². The van der Waals surface area contributed by atoms with E-state index in [4.69, 9.17) is 4.74 Å². The topological polar surface area (TPSA) is 81.5 Å². The average molecular weight is 366 g/mol. The Morgan fingerprint density at radius 3 is 2.84 bits per heavy atom. The molecule has 3 atom stereocenters. The van der Waals surface area contributed by atoms with Crippen molar-refractivity contribution in [3.63, 3.8) is 0 Å². The van der Waals surface area contributed by atoms with Crippen LogP contribution >= 0.6 is 11.8 Å². The van der Waals surface area contributed by atoms with Gasteiger partial charge in [-0.3, -0.25) is 14.9 Å². The van der Waals surface area contributed by atoms with Crippen molar-refractivity contribution in [2.75, 3.05) is 12.9 Å². The van der Waals surface area contributed by atoms with Crippen molar-refractivity contribution in [3.05, 3.63) is 33.9 Å². The first-order valence-corrected chi connectivity index (χ1v) is 9.76. The molecule has 25 heavy (non-hydrogen) atoms. The molecule has 0 saturated heterocycles. The van der Waals surface area contributed by atoms with Gasteiger partial charge in [-0.1, -0.05) is 32.8 Å². The van der Waals surface area contributed by atoms with Crippen molar-refractivity contribution in [1.82, 2.24) is 5.32 Å². The Morgan fingerprint density at radius 2 is 2.16 bits per heavy atom. The standard InChI is InChI=1S/C18H26N2O4S/c1-12-5-4-6-15(13(12)2)19-18(21)11-25-10-14-7-8-17(24-3)16(9-14)20(22)23/h7-9,12-13,15H,4-6,10-11H2,1-3H3,(H,19,21). The number of benzene rings is 1. The fourth-order valence-electron chi connectivity index (χ4n) is 3.26. The van der Waals surface area contributed by atoms with Crippen molar-refractivity contribution in [1.29, 1.82) is 0 Å². The Hall–Kier alpha value is -1.76. The van der Waals surface area contributed by atoms with Crippen LogP contribution in [0.25, 0.3) is 0 Å². The summed E-state index contributed by atoms with van der Waals surface area (Å²) in [5, 5.41) is 14.2. The van der Waals surface area contributed by atoms with E-state index in [1.54, 1.807) is 12.1 Å². The number of rotatable bonds is 7. The van der Waals surface area contributed by atoms with Crippen LogP contribution in [0.2, 0.25) is 0 Å². The molecule has 0 bridgehead atoms. The summed E-state index contributed by atoms with van der Waals surface area (Å²) in [4.78, 5) is 22.8. The Bertz CT molecular complexity index is 623. The summed E-state index contributed by atoms with van der Waals surface area (Å²) in [5.74, 6) is 2.35. The Morgan fingerprint density at radius 1 is 1.40 bits per heavy atom. The van der Waals surface area contributed by atoms with E-state index >= 15 is 0 Å². The lowest BCUT2D eigenvalue weighted by molar-refractivity contribution is -0.385. The quantitative estimate of drug-likeness (QED) is 0.587. The molecule has 0 heterocycles. The maximum absolute atomic E-state index is 12.2. The minimum absolute atomic E-state index is 0.0407. The van der Waals surface area contributed by atoms with Gasteiger partial charge < -0.3 is 10.1 Å². The lowest BCUT2D eigenvalue weighted by atomic mass is 9.78. The van der Waals surface area contributed by atoms with Crippen molar-refractivity contribution < 1.29 is 14.5 Å². The third kappa shape index (κ3) is 5.36. The van der Waals surface area contributed by atoms with Gasteiger partial charge in [0.1, 0.15) is 0 Å². The molecule has 0 spiro atoms. The zero-order valence-corrected chi connectivity index (χ0v) is 15.8. The minimum Gasteiger partial charge on any atom is -0.490 e. The molecule has 0 radical (unpaired) electrons. The largest absolute Gasteiger partial charge is 0.490 e. The number of carbonyl (C=O) groups is 1. The van der Waals surface area contributed by atoms with Gasteiger partial charge >= 0.3 is 5.69 Å². The van der Waals surface area contributed by atoms with Gasteiger partial charge in [0.15, 0.2) is 5.75 Å². The lowest BCUT2D eigenvalue weighted by Crippen LogP contribution is -2.44. The highest BCUT2D eigenvalue weighted by Gasteiger charge is 2.27. The summed E-state index contributed by atoms with van der Waals surface area (Å²) in [7, 11) is 1.41. The molecule has 1 aliphatic rings. The summed E-state index contributed by atoms with van der Waals surface area (Å²) in [6.45, 7) is 4.45. The van der Waals surface area contributed by atoms with Gasteiger partial charge in [-0.25, -0.2) is 0 Å². The van der Waals surface area contributed by atoms with E-state index in [1.807, 2.05) is 0 Å². The third-order valence-corrected chi connectivity index (χ3v) is 6.00. The highest BCUT2D eigenvalue weighted by atomic mass is 32.2. The summed E-state index contributed by atoms with van der Waals surface area (Å²) >= 11 is 1.46. The molecule has 1 fully saturated rings. The van der Waals surface area contributed by atoms with Crippen molar-refractivity contribution in [3.8, 4) is 5.75 Å². The molecule has 1 N–H and O–H groups in total. The molecular weight excluding hydrogens is 340 g/mol. The number of thioether (sulfide) groups is 1. The predicted molar refractivity (Wildman–Crippen MR) is 99.9 cm³/mol. The van der Waals surface area contributed by atoms with E-state index in [9.17, 15) is 14.9 Å². The molecule has 6 nitrogen and oxygen atoms in total. The van der Waals surface area contributed by atoms with Gasteiger partial charge in [-0.2, -0.15) is 0 Å². The normalized spacial score (nSPS) is 23.1. The summed E-state index contributed by atoms with van der Waals surface area (Å²) in [6, 6.07) is 5.16. The van der Waals surface area contributed by atoms with E-state index < -0.39 is 4.92 Å². The molecule has 3 unspecified atom stereocenters. The van der Waals surface area contributed by atoms with E-state index in [2.05, 4.69) is 19.2 Å². The SMILES string of the molecule is COc1ccc(CSCC(=O)NC2CCCC(C)C2C)cc1[N+](=O)[O-]. The monoisotopic (exact) mass is 366 g/mol. The third-order valence-electron chi connectivity index (χ3n) is 5.00. The number of nitro benzene ring substituents is 1. The summed E-state index contributed by atoms with van der Waals surface area (Å²) in [5.41, 5.74) is 0.764. The second-order valence-corrected chi connectivity index (χ2v) is 7.68. The van der Waals surface area contributed by atoms with Crippen LogP contribution in [-0.2, 0) is 10.5 Å². The number of carbonyl (C=O) groups excluding carboxylic acids is 1. The molecule has 1 aromatic rings. The first-order chi connectivity index (χ1) is 11.9. The molecule has 1 aromatic carbocycles. The molecule has 2 rings (SSSR count). The first kappa shape index (κ1) is 19.6. The summed E-state index contributed by atoms with van der Waals surface area (Å²) in [6.07, 6.45) is 3.45. The maximum atomic E-state index is 12.2. The number of hydrogen-bond donors (Lipinski definition) is 1. The Kier molecular flexibility index (Phi) is 7.11. The van der Waals surface area contributed by atoms with Crippen LogP contribution in [0.15, 0.2) is 18.2 Å². The lowest BCUT2D eigenvalue weighted by Gasteiger charge is -2.34. The van der Waals surface area contributed by atoms with Gasteiger partial charge in [-0.05, 0) is 29.9 Å². The molecule has 1 saturated carbocycles. The van der Waals surface area contributed by atoms with Crippen molar-refractivity contribution >= 4 is 23.4 Å². The van der Waals surface area contributed by atoms with Crippen LogP contribution in [0, 0.1) is 22.0 Å². The second kappa shape index (κ2) is 9.08. The number of hydrogen-bond acceptors (Lipinski definition) is 5. The van der Waals surface area contributed by atoms with Crippen molar-refractivity contribution in [2.45, 2.75) is 44.9 Å². The number of nitro groups is 1. The fraction of sp³-hybridized carbons (Fsp3) is 0.611. The van der Waals surface area contributed by atoms with Crippen LogP contribution in [0.4, 0.5) is 5.69 Å². The second-order valence-electron chi connectivity index (χ2n) is 6.70. The molecule has 0 aliphatic heterocycles. The molecule has 1 amide bonds.